The minimum atomic E-state index is -0.400. The fraction of sp³-hybridized carbons (Fsp3) is 0.154. The van der Waals surface area contributed by atoms with E-state index in [1.165, 1.54) is 6.07 Å². The zero-order valence-electron chi connectivity index (χ0n) is 10.0. The third kappa shape index (κ3) is 3.74. The number of nitrogens with one attached hydrogen (secondary N) is 1. The van der Waals surface area contributed by atoms with Crippen LogP contribution in [0.5, 0.6) is 0 Å². The van der Waals surface area contributed by atoms with Gasteiger partial charge in [-0.25, -0.2) is 0 Å². The fourth-order valence-corrected chi connectivity index (χ4v) is 1.86. The molecule has 0 saturated carbocycles. The lowest BCUT2D eigenvalue weighted by Gasteiger charge is -2.06. The van der Waals surface area contributed by atoms with Gasteiger partial charge in [-0.3, -0.25) is 15.1 Å². The summed E-state index contributed by atoms with van der Waals surface area (Å²) in [7, 11) is 0. The molecule has 0 aliphatic rings. The van der Waals surface area contributed by atoms with Crippen LogP contribution in [0.3, 0.4) is 0 Å². The predicted molar refractivity (Wildman–Crippen MR) is 72.9 cm³/mol. The Labute approximate surface area is 115 Å². The van der Waals surface area contributed by atoms with Gasteiger partial charge in [0.25, 0.3) is 5.69 Å². The topological polar surface area (TPSA) is 68.1 Å². The van der Waals surface area contributed by atoms with Crippen LogP contribution in [-0.4, -0.2) is 9.91 Å². The molecule has 1 aromatic carbocycles. The molecule has 1 aromatic heterocycles. The lowest BCUT2D eigenvalue weighted by molar-refractivity contribution is -0.384. The van der Waals surface area contributed by atoms with Crippen LogP contribution in [-0.2, 0) is 13.1 Å². The third-order valence-corrected chi connectivity index (χ3v) is 2.96. The van der Waals surface area contributed by atoms with E-state index in [9.17, 15) is 10.1 Å². The molecule has 0 unspecified atom stereocenters. The van der Waals surface area contributed by atoms with Gasteiger partial charge in [0.15, 0.2) is 0 Å². The second kappa shape index (κ2) is 6.26. The molecule has 2 aromatic rings. The number of hydrogen-bond donors (Lipinski definition) is 1. The van der Waals surface area contributed by atoms with Crippen molar-refractivity contribution in [2.75, 3.05) is 0 Å². The Hall–Kier alpha value is -1.98. The maximum atomic E-state index is 10.7. The molecule has 0 aliphatic carbocycles. The first-order chi connectivity index (χ1) is 9.16. The molecule has 98 valence electrons. The van der Waals surface area contributed by atoms with Crippen LogP contribution in [0.25, 0.3) is 0 Å². The van der Waals surface area contributed by atoms with Crippen LogP contribution in [0.2, 0.25) is 5.02 Å². The standard InChI is InChI=1S/C13H12ClN3O2/c14-13-9-15-5-4-11(13)8-16-7-10-2-1-3-12(6-10)17(18)19/h1-6,9,16H,7-8H2. The number of hydrogen-bond acceptors (Lipinski definition) is 4. The van der Waals surface area contributed by atoms with Crippen molar-refractivity contribution in [3.63, 3.8) is 0 Å². The molecule has 0 bridgehead atoms. The number of halogens is 1. The number of pyridine rings is 1. The molecule has 5 nitrogen and oxygen atoms in total. The van der Waals surface area contributed by atoms with Crippen molar-refractivity contribution in [3.05, 3.63) is 69.0 Å². The summed E-state index contributed by atoms with van der Waals surface area (Å²) >= 11 is 5.98. The van der Waals surface area contributed by atoms with Gasteiger partial charge < -0.3 is 5.32 Å². The van der Waals surface area contributed by atoms with Gasteiger partial charge in [0.05, 0.1) is 9.95 Å². The molecule has 0 aliphatic heterocycles. The number of benzene rings is 1. The van der Waals surface area contributed by atoms with Gasteiger partial charge >= 0.3 is 0 Å². The van der Waals surface area contributed by atoms with E-state index in [4.69, 9.17) is 11.6 Å². The Morgan fingerprint density at radius 3 is 2.89 bits per heavy atom. The minimum absolute atomic E-state index is 0.0984. The van der Waals surface area contributed by atoms with Gasteiger partial charge in [-0.1, -0.05) is 23.7 Å². The van der Waals surface area contributed by atoms with E-state index in [0.29, 0.717) is 18.1 Å². The molecule has 2 rings (SSSR count). The van der Waals surface area contributed by atoms with Crippen molar-refractivity contribution in [2.24, 2.45) is 0 Å². The number of nitro benzene ring substituents is 1. The zero-order chi connectivity index (χ0) is 13.7. The fourth-order valence-electron chi connectivity index (χ4n) is 1.67. The predicted octanol–water partition coefficient (Wildman–Crippen LogP) is 2.93. The van der Waals surface area contributed by atoms with Gasteiger partial charge in [0.2, 0.25) is 0 Å². The van der Waals surface area contributed by atoms with Crippen molar-refractivity contribution in [1.29, 1.82) is 0 Å². The minimum Gasteiger partial charge on any atom is -0.309 e. The number of nitro groups is 1. The van der Waals surface area contributed by atoms with Crippen molar-refractivity contribution >= 4 is 17.3 Å². The van der Waals surface area contributed by atoms with Gasteiger partial charge in [0.1, 0.15) is 0 Å². The molecule has 0 radical (unpaired) electrons. The van der Waals surface area contributed by atoms with E-state index in [-0.39, 0.29) is 5.69 Å². The highest BCUT2D eigenvalue weighted by atomic mass is 35.5. The molecule has 6 heteroatoms. The van der Waals surface area contributed by atoms with Crippen LogP contribution < -0.4 is 5.32 Å². The van der Waals surface area contributed by atoms with E-state index in [0.717, 1.165) is 11.1 Å². The number of rotatable bonds is 5. The average Bonchev–Trinajstić information content (AvgIpc) is 2.41. The molecule has 1 N–H and O–H groups in total. The summed E-state index contributed by atoms with van der Waals surface area (Å²) in [5.74, 6) is 0. The SMILES string of the molecule is O=[N+]([O-])c1cccc(CNCc2ccncc2Cl)c1. The Morgan fingerprint density at radius 1 is 1.32 bits per heavy atom. The van der Waals surface area contributed by atoms with Crippen molar-refractivity contribution < 1.29 is 4.92 Å². The van der Waals surface area contributed by atoms with E-state index in [1.54, 1.807) is 24.5 Å². The van der Waals surface area contributed by atoms with Crippen molar-refractivity contribution in [3.8, 4) is 0 Å². The summed E-state index contributed by atoms with van der Waals surface area (Å²) in [5, 5.41) is 14.4. The van der Waals surface area contributed by atoms with Crippen LogP contribution >= 0.6 is 11.6 Å². The van der Waals surface area contributed by atoms with E-state index >= 15 is 0 Å². The second-order valence-corrected chi connectivity index (χ2v) is 4.40. The lowest BCUT2D eigenvalue weighted by atomic mass is 10.2. The second-order valence-electron chi connectivity index (χ2n) is 4.00. The number of nitrogens with zero attached hydrogens (tertiary/aromatic N) is 2. The normalized spacial score (nSPS) is 10.4. The van der Waals surface area contributed by atoms with Gasteiger partial charge in [-0.05, 0) is 17.2 Å². The van der Waals surface area contributed by atoms with Crippen molar-refractivity contribution in [2.45, 2.75) is 13.1 Å². The molecule has 1 heterocycles. The summed E-state index contributed by atoms with van der Waals surface area (Å²) in [6, 6.07) is 8.38. The van der Waals surface area contributed by atoms with Gasteiger partial charge in [-0.2, -0.15) is 0 Å². The Bertz CT molecular complexity index is 590. The molecule has 0 saturated heterocycles. The zero-order valence-corrected chi connectivity index (χ0v) is 10.8. The summed E-state index contributed by atoms with van der Waals surface area (Å²) in [4.78, 5) is 14.2. The first kappa shape index (κ1) is 13.5. The molecule has 0 fully saturated rings. The van der Waals surface area contributed by atoms with Crippen molar-refractivity contribution in [1.82, 2.24) is 10.3 Å². The van der Waals surface area contributed by atoms with E-state index in [2.05, 4.69) is 10.3 Å². The monoisotopic (exact) mass is 277 g/mol. The number of non-ortho nitro benzene ring substituents is 1. The molecule has 0 spiro atoms. The quantitative estimate of drug-likeness (QED) is 0.674. The Morgan fingerprint density at radius 2 is 2.16 bits per heavy atom. The summed E-state index contributed by atoms with van der Waals surface area (Å²) in [6.45, 7) is 1.13. The van der Waals surface area contributed by atoms with Gasteiger partial charge in [0, 0.05) is 37.6 Å². The van der Waals surface area contributed by atoms with Crippen LogP contribution in [0.4, 0.5) is 5.69 Å². The summed E-state index contributed by atoms with van der Waals surface area (Å²) in [6.07, 6.45) is 3.27. The Balaban J connectivity index is 1.94. The van der Waals surface area contributed by atoms with Gasteiger partial charge in [-0.15, -0.1) is 0 Å². The highest BCUT2D eigenvalue weighted by Crippen LogP contribution is 2.15. The maximum Gasteiger partial charge on any atom is 0.269 e. The first-order valence-electron chi connectivity index (χ1n) is 5.69. The Kier molecular flexibility index (Phi) is 4.43. The van der Waals surface area contributed by atoms with Crippen LogP contribution in [0, 0.1) is 10.1 Å². The van der Waals surface area contributed by atoms with E-state index in [1.807, 2.05) is 12.1 Å². The highest BCUT2D eigenvalue weighted by Gasteiger charge is 2.05. The molecular formula is C13H12ClN3O2. The molecule has 19 heavy (non-hydrogen) atoms. The average molecular weight is 278 g/mol. The van der Waals surface area contributed by atoms with E-state index < -0.39 is 4.92 Å². The smallest absolute Gasteiger partial charge is 0.269 e. The van der Waals surface area contributed by atoms with Crippen LogP contribution in [0.1, 0.15) is 11.1 Å². The largest absolute Gasteiger partial charge is 0.309 e. The highest BCUT2D eigenvalue weighted by molar-refractivity contribution is 6.31. The molecule has 0 amide bonds. The molecular weight excluding hydrogens is 266 g/mol. The maximum absolute atomic E-state index is 10.7. The number of aromatic nitrogens is 1. The third-order valence-electron chi connectivity index (χ3n) is 2.62. The first-order valence-corrected chi connectivity index (χ1v) is 6.07. The van der Waals surface area contributed by atoms with Crippen LogP contribution in [0.15, 0.2) is 42.7 Å². The lowest BCUT2D eigenvalue weighted by Crippen LogP contribution is -2.13. The summed E-state index contributed by atoms with van der Waals surface area (Å²) in [5.41, 5.74) is 1.91. The molecule has 0 atom stereocenters. The summed E-state index contributed by atoms with van der Waals surface area (Å²) < 4.78 is 0.